The molecule has 2 aromatic heterocycles. The van der Waals surface area contributed by atoms with E-state index in [2.05, 4.69) is 97.9 Å². The van der Waals surface area contributed by atoms with Crippen molar-refractivity contribution in [2.24, 2.45) is 0 Å². The van der Waals surface area contributed by atoms with Crippen LogP contribution in [0.25, 0.3) is 56.2 Å². The molecule has 10 nitrogen and oxygen atoms in total. The molecule has 0 amide bonds. The van der Waals surface area contributed by atoms with Crippen molar-refractivity contribution in [3.63, 3.8) is 0 Å². The van der Waals surface area contributed by atoms with Crippen LogP contribution in [0.5, 0.6) is 0 Å². The molecule has 362 valence electrons. The van der Waals surface area contributed by atoms with Crippen LogP contribution in [0.2, 0.25) is 0 Å². The van der Waals surface area contributed by atoms with Gasteiger partial charge in [-0.15, -0.1) is 0 Å². The summed E-state index contributed by atoms with van der Waals surface area (Å²) in [6, 6.07) is 53.1. The van der Waals surface area contributed by atoms with E-state index in [-0.39, 0.29) is 11.2 Å². The quantitative estimate of drug-likeness (QED) is 0.121. The number of para-hydroxylation sites is 6. The second-order valence-electron chi connectivity index (χ2n) is 20.2. The summed E-state index contributed by atoms with van der Waals surface area (Å²) < 4.78 is 16.1. The molecule has 70 heavy (non-hydrogen) atoms. The topological polar surface area (TPSA) is 135 Å². The lowest BCUT2D eigenvalue weighted by molar-refractivity contribution is -0.107. The lowest BCUT2D eigenvalue weighted by Gasteiger charge is -2.32. The third-order valence-electron chi connectivity index (χ3n) is 12.7. The molecular formula is C56H66B3BrN4O6. The van der Waals surface area contributed by atoms with Gasteiger partial charge >= 0.3 is 7.01 Å². The van der Waals surface area contributed by atoms with E-state index in [1.165, 1.54) is 0 Å². The van der Waals surface area contributed by atoms with Gasteiger partial charge in [0.25, 0.3) is 0 Å². The van der Waals surface area contributed by atoms with Gasteiger partial charge in [0.2, 0.25) is 0 Å². The average Bonchev–Trinajstić information content (AvgIpc) is 3.92. The van der Waals surface area contributed by atoms with Crippen LogP contribution in [0.15, 0.2) is 162 Å². The van der Waals surface area contributed by atoms with E-state index < -0.39 is 29.4 Å². The second kappa shape index (κ2) is 22.4. The Morgan fingerprint density at radius 1 is 0.471 bits per heavy atom. The average molecular weight is 1000 g/mol. The Morgan fingerprint density at radius 3 is 1.07 bits per heavy atom. The Morgan fingerprint density at radius 2 is 0.771 bits per heavy atom. The van der Waals surface area contributed by atoms with Crippen LogP contribution in [0.3, 0.4) is 0 Å². The van der Waals surface area contributed by atoms with Crippen molar-refractivity contribution >= 4 is 66.1 Å². The number of nitrogens with zero attached hydrogens (tertiary/aromatic N) is 4. The van der Waals surface area contributed by atoms with Gasteiger partial charge < -0.3 is 29.7 Å². The van der Waals surface area contributed by atoms with Gasteiger partial charge in [-0.05, 0) is 144 Å². The SMILES string of the molecule is Brc1ccc(-c2nc3ccccc3n2-c2ccccc2)cc1.CC(C)(O)C(C)(C)O.CC(C)(O)C(C)(C)O.[B]B1OC(C)(C)C(C)(C)O1.[B]c1ccc(-c2nc3ccccc3n2-c2ccccc2)cc1. The summed E-state index contributed by atoms with van der Waals surface area (Å²) in [5.41, 5.74) is 4.73. The smallest absolute Gasteiger partial charge is 0.388 e. The molecule has 14 heteroatoms. The highest BCUT2D eigenvalue weighted by molar-refractivity contribution is 9.10. The Bertz CT molecular complexity index is 2680. The molecule has 3 heterocycles. The first kappa shape index (κ1) is 55.6. The van der Waals surface area contributed by atoms with Crippen molar-refractivity contribution in [1.29, 1.82) is 0 Å². The Hall–Kier alpha value is -5.31. The maximum atomic E-state index is 9.10. The van der Waals surface area contributed by atoms with Crippen molar-refractivity contribution in [3.8, 4) is 34.2 Å². The van der Waals surface area contributed by atoms with E-state index in [1.54, 1.807) is 55.4 Å². The highest BCUT2D eigenvalue weighted by atomic mass is 79.9. The number of aromatic nitrogens is 4. The Balaban J connectivity index is 0.000000177. The minimum absolute atomic E-state index is 0.285. The van der Waals surface area contributed by atoms with E-state index >= 15 is 0 Å². The number of halogens is 1. The summed E-state index contributed by atoms with van der Waals surface area (Å²) in [6.45, 7) is 20.5. The van der Waals surface area contributed by atoms with Gasteiger partial charge in [0, 0.05) is 27.0 Å². The molecule has 1 fully saturated rings. The zero-order valence-corrected chi connectivity index (χ0v) is 44.1. The first-order valence-corrected chi connectivity index (χ1v) is 24.0. The molecule has 1 aliphatic heterocycles. The minimum Gasteiger partial charge on any atom is -0.411 e. The first-order valence-electron chi connectivity index (χ1n) is 23.2. The standard InChI is InChI=1S/C19H13BN2.C19H13BrN2.C6H12B2O2.2C6H14O2/c2*20-15-12-10-14(11-13-15)19-21-17-8-4-5-9-18(17)22(19)16-6-2-1-3-7-16;1-5(2)6(3,4)10-8(7)9-5;2*1-5(2,7)6(3,4)8/h2*1-13H;1-4H3;2*7-8H,1-4H3. The van der Waals surface area contributed by atoms with E-state index in [9.17, 15) is 0 Å². The third kappa shape index (κ3) is 14.2. The number of rotatable bonds is 6. The zero-order chi connectivity index (χ0) is 51.9. The van der Waals surface area contributed by atoms with Crippen molar-refractivity contribution in [1.82, 2.24) is 19.1 Å². The second-order valence-corrected chi connectivity index (χ2v) is 21.1. The molecule has 4 radical (unpaired) electrons. The van der Waals surface area contributed by atoms with E-state index in [4.69, 9.17) is 55.3 Å². The molecule has 0 atom stereocenters. The van der Waals surface area contributed by atoms with Crippen LogP contribution in [-0.4, -0.2) is 95.7 Å². The molecule has 0 aliphatic carbocycles. The third-order valence-corrected chi connectivity index (χ3v) is 13.2. The number of imidazole rings is 2. The van der Waals surface area contributed by atoms with Gasteiger partial charge in [-0.3, -0.25) is 9.13 Å². The number of benzene rings is 6. The van der Waals surface area contributed by atoms with E-state index in [1.807, 2.05) is 113 Å². The largest absolute Gasteiger partial charge is 0.411 e. The van der Waals surface area contributed by atoms with E-state index in [0.717, 1.165) is 66.2 Å². The lowest BCUT2D eigenvalue weighted by Crippen LogP contribution is -2.44. The van der Waals surface area contributed by atoms with Crippen LogP contribution < -0.4 is 5.46 Å². The molecule has 0 spiro atoms. The molecule has 0 bridgehead atoms. The van der Waals surface area contributed by atoms with Crippen molar-refractivity contribution in [2.75, 3.05) is 0 Å². The molecule has 1 saturated heterocycles. The maximum Gasteiger partial charge on any atom is 0.388 e. The van der Waals surface area contributed by atoms with Gasteiger partial charge in [0.1, 0.15) is 27.2 Å². The van der Waals surface area contributed by atoms with Crippen LogP contribution >= 0.6 is 15.9 Å². The van der Waals surface area contributed by atoms with Crippen molar-refractivity contribution in [2.45, 2.75) is 117 Å². The lowest BCUT2D eigenvalue weighted by atomic mass is 9.63. The number of aliphatic hydroxyl groups is 4. The molecule has 1 aliphatic rings. The van der Waals surface area contributed by atoms with Crippen LogP contribution in [0.4, 0.5) is 0 Å². The summed E-state index contributed by atoms with van der Waals surface area (Å²) in [4.78, 5) is 9.65. The molecule has 4 N–H and O–H groups in total. The summed E-state index contributed by atoms with van der Waals surface area (Å²) in [7, 11) is 10.7. The fraction of sp³-hybridized carbons (Fsp3) is 0.321. The highest BCUT2D eigenvalue weighted by Gasteiger charge is 2.48. The molecular weight excluding hydrogens is 937 g/mol. The fourth-order valence-corrected chi connectivity index (χ4v) is 6.50. The minimum atomic E-state index is -1.01. The number of fused-ring (bicyclic) bond motifs is 2. The normalized spacial score (nSPS) is 14.3. The molecule has 6 aromatic carbocycles. The molecule has 8 aromatic rings. The van der Waals surface area contributed by atoms with Gasteiger partial charge in [-0.25, -0.2) is 9.97 Å². The number of hydrogen-bond donors (Lipinski definition) is 4. The molecule has 9 rings (SSSR count). The first-order chi connectivity index (χ1) is 32.5. The summed E-state index contributed by atoms with van der Waals surface area (Å²) in [5, 5.41) is 36.4. The van der Waals surface area contributed by atoms with Crippen molar-refractivity contribution < 1.29 is 29.7 Å². The summed E-state index contributed by atoms with van der Waals surface area (Å²) in [5.74, 6) is 1.88. The zero-order valence-electron chi connectivity index (χ0n) is 42.5. The van der Waals surface area contributed by atoms with Gasteiger partial charge in [0.15, 0.2) is 0 Å². The van der Waals surface area contributed by atoms with Gasteiger partial charge in [0.05, 0.1) is 55.7 Å². The van der Waals surface area contributed by atoms with Crippen molar-refractivity contribution in [3.05, 3.63) is 162 Å². The highest BCUT2D eigenvalue weighted by Crippen LogP contribution is 2.36. The summed E-state index contributed by atoms with van der Waals surface area (Å²) >= 11 is 3.49. The van der Waals surface area contributed by atoms with Gasteiger partial charge in [-0.1, -0.05) is 118 Å². The summed E-state index contributed by atoms with van der Waals surface area (Å²) in [6.07, 6.45) is 0. The van der Waals surface area contributed by atoms with Crippen LogP contribution in [0, 0.1) is 0 Å². The van der Waals surface area contributed by atoms with E-state index in [0.29, 0.717) is 0 Å². The number of hydrogen-bond acceptors (Lipinski definition) is 8. The monoisotopic (exact) mass is 1000 g/mol. The predicted molar refractivity (Wildman–Crippen MR) is 293 cm³/mol. The maximum absolute atomic E-state index is 9.10. The Kier molecular flexibility index (Phi) is 17.8. The van der Waals surface area contributed by atoms with Crippen LogP contribution in [-0.2, 0) is 9.31 Å². The fourth-order valence-electron chi connectivity index (χ4n) is 6.24. The molecule has 0 saturated carbocycles. The molecule has 0 unspecified atom stereocenters. The Labute approximate surface area is 425 Å². The van der Waals surface area contributed by atoms with Crippen LogP contribution in [0.1, 0.15) is 83.1 Å². The van der Waals surface area contributed by atoms with Gasteiger partial charge in [-0.2, -0.15) is 0 Å². The predicted octanol–water partition coefficient (Wildman–Crippen LogP) is 10.7.